The number of carbonyl (C=O) groups is 1. The van der Waals surface area contributed by atoms with Gasteiger partial charge < -0.3 is 9.88 Å². The summed E-state index contributed by atoms with van der Waals surface area (Å²) in [6.07, 6.45) is 5.00. The first-order chi connectivity index (χ1) is 12.2. The van der Waals surface area contributed by atoms with Crippen LogP contribution in [-0.4, -0.2) is 10.5 Å². The van der Waals surface area contributed by atoms with Crippen LogP contribution in [0.1, 0.15) is 36.4 Å². The fraction of sp³-hybridized carbons (Fsp3) is 0.227. The van der Waals surface area contributed by atoms with Gasteiger partial charge in [0.2, 0.25) is 5.91 Å². The molecule has 126 valence electrons. The van der Waals surface area contributed by atoms with Crippen LogP contribution >= 0.6 is 0 Å². The molecule has 1 saturated carbocycles. The molecule has 1 aliphatic carbocycles. The Labute approximate surface area is 148 Å². The fourth-order valence-corrected chi connectivity index (χ4v) is 3.40. The Kier molecular flexibility index (Phi) is 4.14. The number of nitrogens with zero attached hydrogens (tertiary/aromatic N) is 1. The highest BCUT2D eigenvalue weighted by molar-refractivity contribution is 5.83. The summed E-state index contributed by atoms with van der Waals surface area (Å²) in [4.78, 5) is 12.5. The summed E-state index contributed by atoms with van der Waals surface area (Å²) in [7, 11) is 0. The molecule has 0 bridgehead atoms. The molecule has 1 amide bonds. The van der Waals surface area contributed by atoms with Crippen molar-refractivity contribution in [1.82, 2.24) is 9.88 Å². The predicted octanol–water partition coefficient (Wildman–Crippen LogP) is 4.46. The van der Waals surface area contributed by atoms with Gasteiger partial charge in [-0.2, -0.15) is 0 Å². The molecule has 2 aromatic carbocycles. The second-order valence-corrected chi connectivity index (χ2v) is 6.77. The van der Waals surface area contributed by atoms with Crippen LogP contribution in [0.5, 0.6) is 0 Å². The summed E-state index contributed by atoms with van der Waals surface area (Å²) >= 11 is 0. The van der Waals surface area contributed by atoms with Crippen molar-refractivity contribution >= 4 is 5.91 Å². The van der Waals surface area contributed by atoms with E-state index in [0.717, 1.165) is 17.7 Å². The highest BCUT2D eigenvalue weighted by Crippen LogP contribution is 2.47. The predicted molar refractivity (Wildman–Crippen MR) is 99.6 cm³/mol. The zero-order valence-corrected chi connectivity index (χ0v) is 14.3. The smallest absolute Gasteiger partial charge is 0.224 e. The summed E-state index contributed by atoms with van der Waals surface area (Å²) in [5, 5.41) is 3.17. The number of hydrogen-bond acceptors (Lipinski definition) is 1. The minimum Gasteiger partial charge on any atom is -0.349 e. The third-order valence-corrected chi connectivity index (χ3v) is 5.01. The number of carbonyl (C=O) groups excluding carboxylic acids is 1. The molecule has 3 unspecified atom stereocenters. The topological polar surface area (TPSA) is 34.0 Å². The number of hydrogen-bond donors (Lipinski definition) is 1. The second kappa shape index (κ2) is 6.60. The molecule has 0 spiro atoms. The van der Waals surface area contributed by atoms with Gasteiger partial charge in [-0.3, -0.25) is 4.79 Å². The van der Waals surface area contributed by atoms with Gasteiger partial charge in [-0.25, -0.2) is 0 Å². The van der Waals surface area contributed by atoms with E-state index in [1.807, 2.05) is 49.6 Å². The van der Waals surface area contributed by atoms with E-state index in [1.54, 1.807) is 0 Å². The Balaban J connectivity index is 1.37. The Bertz CT molecular complexity index is 838. The maximum Gasteiger partial charge on any atom is 0.224 e. The van der Waals surface area contributed by atoms with Crippen LogP contribution in [0, 0.1) is 5.92 Å². The van der Waals surface area contributed by atoms with Gasteiger partial charge in [0.05, 0.1) is 6.04 Å². The Morgan fingerprint density at radius 1 is 1.00 bits per heavy atom. The highest BCUT2D eigenvalue weighted by Gasteiger charge is 2.44. The number of nitrogens with one attached hydrogen (secondary N) is 1. The van der Waals surface area contributed by atoms with Crippen molar-refractivity contribution in [2.75, 3.05) is 0 Å². The van der Waals surface area contributed by atoms with Crippen molar-refractivity contribution in [3.63, 3.8) is 0 Å². The summed E-state index contributed by atoms with van der Waals surface area (Å²) in [5.74, 6) is 0.657. The number of rotatable bonds is 5. The zero-order chi connectivity index (χ0) is 17.2. The minimum atomic E-state index is 0.0169. The molecule has 1 fully saturated rings. The lowest BCUT2D eigenvalue weighted by Crippen LogP contribution is -2.28. The molecular weight excluding hydrogens is 308 g/mol. The molecule has 1 heterocycles. The van der Waals surface area contributed by atoms with E-state index in [9.17, 15) is 4.79 Å². The van der Waals surface area contributed by atoms with Gasteiger partial charge in [0.1, 0.15) is 0 Å². The summed E-state index contributed by atoms with van der Waals surface area (Å²) in [6, 6.07) is 22.7. The number of amides is 1. The second-order valence-electron chi connectivity index (χ2n) is 6.77. The van der Waals surface area contributed by atoms with Gasteiger partial charge in [-0.1, -0.05) is 42.5 Å². The number of aromatic nitrogens is 1. The van der Waals surface area contributed by atoms with Gasteiger partial charge in [-0.15, -0.1) is 0 Å². The van der Waals surface area contributed by atoms with E-state index in [4.69, 9.17) is 0 Å². The molecule has 4 rings (SSSR count). The molecule has 3 atom stereocenters. The van der Waals surface area contributed by atoms with E-state index in [2.05, 4.69) is 46.3 Å². The van der Waals surface area contributed by atoms with Crippen molar-refractivity contribution in [3.05, 3.63) is 90.3 Å². The molecule has 25 heavy (non-hydrogen) atoms. The van der Waals surface area contributed by atoms with E-state index >= 15 is 0 Å². The molecule has 1 aliphatic rings. The van der Waals surface area contributed by atoms with Crippen LogP contribution in [0.4, 0.5) is 0 Å². The normalized spacial score (nSPS) is 20.0. The van der Waals surface area contributed by atoms with Crippen LogP contribution in [0.15, 0.2) is 79.1 Å². The Hall–Kier alpha value is -2.81. The maximum absolute atomic E-state index is 12.5. The minimum absolute atomic E-state index is 0.0169. The van der Waals surface area contributed by atoms with Gasteiger partial charge in [-0.05, 0) is 54.7 Å². The molecule has 3 heteroatoms. The average molecular weight is 330 g/mol. The third-order valence-electron chi connectivity index (χ3n) is 5.01. The first-order valence-electron chi connectivity index (χ1n) is 8.81. The third kappa shape index (κ3) is 3.36. The van der Waals surface area contributed by atoms with Gasteiger partial charge in [0, 0.05) is 24.0 Å². The SMILES string of the molecule is CC(NC(=O)C1CC1c1ccccc1)c1ccc(-n2cccc2)cc1. The van der Waals surface area contributed by atoms with Gasteiger partial charge >= 0.3 is 0 Å². The standard InChI is InChI=1S/C22H22N2O/c1-16(17-9-11-19(12-10-17)24-13-5-6-14-24)23-22(25)21-15-20(21)18-7-3-2-4-8-18/h2-14,16,20-21H,15H2,1H3,(H,23,25). The Morgan fingerprint density at radius 2 is 1.68 bits per heavy atom. The van der Waals surface area contributed by atoms with Gasteiger partial charge in [0.25, 0.3) is 0 Å². The maximum atomic E-state index is 12.5. The molecule has 1 N–H and O–H groups in total. The first kappa shape index (κ1) is 15.7. The van der Waals surface area contributed by atoms with Crippen LogP contribution < -0.4 is 5.32 Å². The van der Waals surface area contributed by atoms with Crippen molar-refractivity contribution in [1.29, 1.82) is 0 Å². The van der Waals surface area contributed by atoms with Crippen LogP contribution in [-0.2, 0) is 4.79 Å². The zero-order valence-electron chi connectivity index (χ0n) is 14.3. The fourth-order valence-electron chi connectivity index (χ4n) is 3.40. The van der Waals surface area contributed by atoms with Gasteiger partial charge in [0.15, 0.2) is 0 Å². The van der Waals surface area contributed by atoms with Crippen molar-refractivity contribution in [2.45, 2.75) is 25.3 Å². The lowest BCUT2D eigenvalue weighted by atomic mass is 10.1. The Morgan fingerprint density at radius 3 is 2.36 bits per heavy atom. The highest BCUT2D eigenvalue weighted by atomic mass is 16.2. The van der Waals surface area contributed by atoms with Crippen molar-refractivity contribution < 1.29 is 4.79 Å². The lowest BCUT2D eigenvalue weighted by molar-refractivity contribution is -0.123. The van der Waals surface area contributed by atoms with E-state index in [0.29, 0.717) is 5.92 Å². The first-order valence-corrected chi connectivity index (χ1v) is 8.81. The number of benzene rings is 2. The van der Waals surface area contributed by atoms with Crippen molar-refractivity contribution in [3.8, 4) is 5.69 Å². The monoisotopic (exact) mass is 330 g/mol. The molecule has 3 nitrogen and oxygen atoms in total. The largest absolute Gasteiger partial charge is 0.349 e. The molecule has 1 aromatic heterocycles. The molecule has 3 aromatic rings. The molecule has 0 saturated heterocycles. The summed E-state index contributed by atoms with van der Waals surface area (Å²) in [5.41, 5.74) is 3.52. The molecular formula is C22H22N2O. The molecule has 0 radical (unpaired) electrons. The van der Waals surface area contributed by atoms with Crippen molar-refractivity contribution in [2.24, 2.45) is 5.92 Å². The van der Waals surface area contributed by atoms with E-state index < -0.39 is 0 Å². The van der Waals surface area contributed by atoms with E-state index in [1.165, 1.54) is 5.56 Å². The van der Waals surface area contributed by atoms with Crippen LogP contribution in [0.25, 0.3) is 5.69 Å². The van der Waals surface area contributed by atoms with Crippen LogP contribution in [0.2, 0.25) is 0 Å². The molecule has 0 aliphatic heterocycles. The van der Waals surface area contributed by atoms with E-state index in [-0.39, 0.29) is 17.9 Å². The average Bonchev–Trinajstić information content (AvgIpc) is 3.28. The van der Waals surface area contributed by atoms with Crippen LogP contribution in [0.3, 0.4) is 0 Å². The quantitative estimate of drug-likeness (QED) is 0.736. The summed E-state index contributed by atoms with van der Waals surface area (Å²) < 4.78 is 2.07. The lowest BCUT2D eigenvalue weighted by Gasteiger charge is -2.15. The summed E-state index contributed by atoms with van der Waals surface area (Å²) in [6.45, 7) is 2.04.